The molecule has 1 heterocycles. The molecule has 0 unspecified atom stereocenters. The van der Waals surface area contributed by atoms with Crippen molar-refractivity contribution in [2.75, 3.05) is 13.1 Å². The van der Waals surface area contributed by atoms with Crippen molar-refractivity contribution in [2.45, 2.75) is 12.8 Å². The quantitative estimate of drug-likeness (QED) is 0.799. The Hall–Kier alpha value is -0.870. The number of carbonyl (C=O) groups is 2. The highest BCUT2D eigenvalue weighted by Gasteiger charge is 2.22. The van der Waals surface area contributed by atoms with Crippen molar-refractivity contribution in [1.29, 1.82) is 0 Å². The molecule has 17 heavy (non-hydrogen) atoms. The molecule has 1 fully saturated rings. The first-order valence-corrected chi connectivity index (χ1v) is 6.50. The van der Waals surface area contributed by atoms with Gasteiger partial charge in [-0.15, -0.1) is 0 Å². The lowest BCUT2D eigenvalue weighted by Gasteiger charge is -2.25. The summed E-state index contributed by atoms with van der Waals surface area (Å²) in [6.45, 7) is 0.845. The molecule has 1 aromatic carbocycles. The zero-order chi connectivity index (χ0) is 12.4. The number of hydrogen-bond acceptors (Lipinski definition) is 2. The van der Waals surface area contributed by atoms with E-state index in [1.165, 1.54) is 0 Å². The third kappa shape index (κ3) is 3.07. The summed E-state index contributed by atoms with van der Waals surface area (Å²) in [5.74, 6) is -0.0213. The fourth-order valence-electron chi connectivity index (χ4n) is 1.87. The van der Waals surface area contributed by atoms with Crippen LogP contribution in [0.25, 0.3) is 0 Å². The number of hydrogen-bond donors (Lipinski definition) is 0. The number of halogens is 2. The van der Waals surface area contributed by atoms with Crippen LogP contribution in [0, 0.1) is 0 Å². The molecule has 0 atom stereocenters. The average molecular weight is 317 g/mol. The van der Waals surface area contributed by atoms with Crippen LogP contribution in [0.15, 0.2) is 22.7 Å². The Morgan fingerprint density at radius 2 is 2.12 bits per heavy atom. The molecular weight excluding hydrogens is 305 g/mol. The largest absolute Gasteiger partial charge is 0.331 e. The molecular formula is C12H11BrClNO2. The lowest BCUT2D eigenvalue weighted by molar-refractivity contribution is -0.121. The van der Waals surface area contributed by atoms with E-state index in [0.717, 1.165) is 10.9 Å². The molecule has 2 rings (SSSR count). The van der Waals surface area contributed by atoms with Gasteiger partial charge < -0.3 is 4.90 Å². The topological polar surface area (TPSA) is 37.4 Å². The Labute approximate surface area is 113 Å². The molecule has 0 aliphatic carbocycles. The van der Waals surface area contributed by atoms with Gasteiger partial charge in [0.05, 0.1) is 6.54 Å². The summed E-state index contributed by atoms with van der Waals surface area (Å²) >= 11 is 9.19. The van der Waals surface area contributed by atoms with Gasteiger partial charge in [-0.2, -0.15) is 0 Å². The number of rotatable bonds is 1. The molecule has 3 nitrogen and oxygen atoms in total. The molecule has 1 aromatic rings. The fraction of sp³-hybridized carbons (Fsp3) is 0.333. The van der Waals surface area contributed by atoms with Crippen LogP contribution in [0.5, 0.6) is 0 Å². The van der Waals surface area contributed by atoms with Gasteiger partial charge in [-0.05, 0) is 24.6 Å². The van der Waals surface area contributed by atoms with Gasteiger partial charge in [0.2, 0.25) is 0 Å². The van der Waals surface area contributed by atoms with Crippen LogP contribution >= 0.6 is 27.5 Å². The number of likely N-dealkylation sites (tertiary alicyclic amines) is 1. The van der Waals surface area contributed by atoms with E-state index in [2.05, 4.69) is 15.9 Å². The van der Waals surface area contributed by atoms with Crippen LogP contribution in [0.3, 0.4) is 0 Å². The number of ketones is 1. The van der Waals surface area contributed by atoms with Gasteiger partial charge in [0.15, 0.2) is 5.78 Å². The maximum Gasteiger partial charge on any atom is 0.254 e. The number of amides is 1. The molecule has 90 valence electrons. The highest BCUT2D eigenvalue weighted by Crippen LogP contribution is 2.21. The number of benzene rings is 1. The Kier molecular flexibility index (Phi) is 3.84. The lowest BCUT2D eigenvalue weighted by atomic mass is 10.1. The van der Waals surface area contributed by atoms with Crippen LogP contribution in [0.2, 0.25) is 5.02 Å². The summed E-state index contributed by atoms with van der Waals surface area (Å²) in [4.78, 5) is 25.0. The standard InChI is InChI=1S/C12H11BrClNO2/c13-9-4-8(5-10(14)6-9)12(17)15-3-1-2-11(16)7-15/h4-6H,1-3,7H2. The first kappa shape index (κ1) is 12.6. The number of Topliss-reactive ketones (excluding diaryl/α,β-unsaturated/α-hetero) is 1. The third-order valence-electron chi connectivity index (χ3n) is 2.65. The molecule has 1 saturated heterocycles. The van der Waals surface area contributed by atoms with Gasteiger partial charge in [-0.3, -0.25) is 9.59 Å². The monoisotopic (exact) mass is 315 g/mol. The molecule has 1 aliphatic rings. The second-order valence-electron chi connectivity index (χ2n) is 4.03. The molecule has 1 aliphatic heterocycles. The summed E-state index contributed by atoms with van der Waals surface area (Å²) in [6.07, 6.45) is 1.31. The zero-order valence-corrected chi connectivity index (χ0v) is 11.4. The molecule has 0 bridgehead atoms. The van der Waals surface area contributed by atoms with E-state index >= 15 is 0 Å². The number of carbonyl (C=O) groups excluding carboxylic acids is 2. The van der Waals surface area contributed by atoms with Crippen LogP contribution < -0.4 is 0 Å². The predicted octanol–water partition coefficient (Wildman–Crippen LogP) is 2.91. The summed E-state index contributed by atoms with van der Waals surface area (Å²) in [5.41, 5.74) is 0.513. The van der Waals surface area contributed by atoms with Crippen molar-refractivity contribution in [2.24, 2.45) is 0 Å². The van der Waals surface area contributed by atoms with Crippen LogP contribution in [0.1, 0.15) is 23.2 Å². The number of nitrogens with zero attached hydrogens (tertiary/aromatic N) is 1. The van der Waals surface area contributed by atoms with Gasteiger partial charge in [-0.1, -0.05) is 27.5 Å². The van der Waals surface area contributed by atoms with Crippen molar-refractivity contribution in [1.82, 2.24) is 4.90 Å². The van der Waals surface area contributed by atoms with Gasteiger partial charge in [-0.25, -0.2) is 0 Å². The van der Waals surface area contributed by atoms with Gasteiger partial charge in [0.25, 0.3) is 5.91 Å². The normalized spacial score (nSPS) is 16.1. The first-order valence-electron chi connectivity index (χ1n) is 5.33. The predicted molar refractivity (Wildman–Crippen MR) is 69.3 cm³/mol. The summed E-state index contributed by atoms with van der Waals surface area (Å²) < 4.78 is 0.761. The summed E-state index contributed by atoms with van der Waals surface area (Å²) in [7, 11) is 0. The SMILES string of the molecule is O=C1CCCN(C(=O)c2cc(Cl)cc(Br)c2)C1. The Bertz CT molecular complexity index is 455. The molecule has 0 aromatic heterocycles. The van der Waals surface area contributed by atoms with Crippen molar-refractivity contribution in [3.8, 4) is 0 Å². The molecule has 0 radical (unpaired) electrons. The Morgan fingerprint density at radius 1 is 1.35 bits per heavy atom. The minimum atomic E-state index is -0.138. The van der Waals surface area contributed by atoms with Gasteiger partial charge >= 0.3 is 0 Å². The molecule has 5 heteroatoms. The highest BCUT2D eigenvalue weighted by molar-refractivity contribution is 9.10. The van der Waals surface area contributed by atoms with Crippen molar-refractivity contribution < 1.29 is 9.59 Å². The van der Waals surface area contributed by atoms with Crippen LogP contribution in [-0.4, -0.2) is 29.7 Å². The molecule has 0 N–H and O–H groups in total. The van der Waals surface area contributed by atoms with Crippen LogP contribution in [0.4, 0.5) is 0 Å². The Morgan fingerprint density at radius 3 is 2.76 bits per heavy atom. The maximum absolute atomic E-state index is 12.1. The highest BCUT2D eigenvalue weighted by atomic mass is 79.9. The average Bonchev–Trinajstić information content (AvgIpc) is 2.26. The maximum atomic E-state index is 12.1. The summed E-state index contributed by atoms with van der Waals surface area (Å²) in [5, 5.41) is 0.506. The second kappa shape index (κ2) is 5.19. The van der Waals surface area contributed by atoms with E-state index in [-0.39, 0.29) is 18.2 Å². The third-order valence-corrected chi connectivity index (χ3v) is 3.32. The number of piperidine rings is 1. The minimum Gasteiger partial charge on any atom is -0.331 e. The second-order valence-corrected chi connectivity index (χ2v) is 5.38. The smallest absolute Gasteiger partial charge is 0.254 e. The summed E-state index contributed by atoms with van der Waals surface area (Å²) in [6, 6.07) is 5.06. The zero-order valence-electron chi connectivity index (χ0n) is 9.08. The molecule has 1 amide bonds. The minimum absolute atomic E-state index is 0.116. The fourth-order valence-corrected chi connectivity index (χ4v) is 2.73. The molecule has 0 saturated carbocycles. The van der Waals surface area contributed by atoms with E-state index in [9.17, 15) is 9.59 Å². The van der Waals surface area contributed by atoms with Gasteiger partial charge in [0, 0.05) is 28.0 Å². The van der Waals surface area contributed by atoms with E-state index < -0.39 is 0 Å². The van der Waals surface area contributed by atoms with E-state index in [1.807, 2.05) is 0 Å². The van der Waals surface area contributed by atoms with E-state index in [1.54, 1.807) is 23.1 Å². The van der Waals surface area contributed by atoms with Gasteiger partial charge in [0.1, 0.15) is 0 Å². The van der Waals surface area contributed by atoms with Crippen molar-refractivity contribution in [3.63, 3.8) is 0 Å². The van der Waals surface area contributed by atoms with Crippen molar-refractivity contribution >= 4 is 39.2 Å². The van der Waals surface area contributed by atoms with E-state index in [0.29, 0.717) is 23.6 Å². The van der Waals surface area contributed by atoms with Crippen molar-refractivity contribution in [3.05, 3.63) is 33.3 Å². The molecule has 0 spiro atoms. The van der Waals surface area contributed by atoms with Crippen LogP contribution in [-0.2, 0) is 4.79 Å². The Balaban J connectivity index is 2.21. The first-order chi connectivity index (χ1) is 8.06. The lowest BCUT2D eigenvalue weighted by Crippen LogP contribution is -2.40. The van der Waals surface area contributed by atoms with E-state index in [4.69, 9.17) is 11.6 Å².